The third-order valence-electron chi connectivity index (χ3n) is 4.05. The minimum absolute atomic E-state index is 0.0266. The fourth-order valence-corrected chi connectivity index (χ4v) is 3.44. The SMILES string of the molecule is COC(=O)N1CC2=C(C1=S)C(c1ccccc1[N+](=O)[O-])CC(=O)N2. The highest BCUT2D eigenvalue weighted by Gasteiger charge is 2.42. The van der Waals surface area contributed by atoms with Crippen LogP contribution in [0, 0.1) is 10.1 Å². The predicted molar refractivity (Wildman–Crippen MR) is 87.3 cm³/mol. The number of carbonyl (C=O) groups excluding carboxylic acids is 2. The Morgan fingerprint density at radius 2 is 2.17 bits per heavy atom. The summed E-state index contributed by atoms with van der Waals surface area (Å²) in [7, 11) is 1.24. The number of amides is 2. The molecule has 2 aliphatic heterocycles. The van der Waals surface area contributed by atoms with E-state index in [0.717, 1.165) is 0 Å². The monoisotopic (exact) mass is 347 g/mol. The molecule has 24 heavy (non-hydrogen) atoms. The highest BCUT2D eigenvalue weighted by molar-refractivity contribution is 7.80. The van der Waals surface area contributed by atoms with Crippen LogP contribution < -0.4 is 5.32 Å². The molecule has 1 atom stereocenters. The lowest BCUT2D eigenvalue weighted by Gasteiger charge is -2.24. The average molecular weight is 347 g/mol. The van der Waals surface area contributed by atoms with Crippen LogP contribution in [0.4, 0.5) is 10.5 Å². The summed E-state index contributed by atoms with van der Waals surface area (Å²) < 4.78 is 4.69. The fourth-order valence-electron chi connectivity index (χ4n) is 3.03. The number of rotatable bonds is 2. The van der Waals surface area contributed by atoms with Crippen molar-refractivity contribution < 1.29 is 19.2 Å². The Morgan fingerprint density at radius 1 is 1.46 bits per heavy atom. The van der Waals surface area contributed by atoms with Gasteiger partial charge in [-0.25, -0.2) is 4.79 Å². The molecule has 0 spiro atoms. The maximum Gasteiger partial charge on any atom is 0.415 e. The molecule has 2 amide bonds. The Morgan fingerprint density at radius 3 is 2.83 bits per heavy atom. The van der Waals surface area contributed by atoms with Gasteiger partial charge in [-0.3, -0.25) is 19.8 Å². The second-order valence-electron chi connectivity index (χ2n) is 5.37. The van der Waals surface area contributed by atoms with Crippen molar-refractivity contribution in [3.05, 3.63) is 51.2 Å². The number of methoxy groups -OCH3 is 1. The summed E-state index contributed by atoms with van der Waals surface area (Å²) >= 11 is 5.35. The Hall–Kier alpha value is -2.81. The van der Waals surface area contributed by atoms with Crippen molar-refractivity contribution in [1.29, 1.82) is 0 Å². The third kappa shape index (κ3) is 2.52. The Labute approximate surface area is 142 Å². The number of nitro groups is 1. The van der Waals surface area contributed by atoms with E-state index in [1.807, 2.05) is 0 Å². The summed E-state index contributed by atoms with van der Waals surface area (Å²) in [5.74, 6) is -0.844. The maximum atomic E-state index is 12.0. The molecule has 1 unspecified atom stereocenters. The van der Waals surface area contributed by atoms with E-state index in [9.17, 15) is 19.7 Å². The van der Waals surface area contributed by atoms with Crippen molar-refractivity contribution in [2.75, 3.05) is 13.7 Å². The van der Waals surface area contributed by atoms with E-state index in [2.05, 4.69) is 5.32 Å². The Bertz CT molecular complexity index is 804. The van der Waals surface area contributed by atoms with Crippen molar-refractivity contribution >= 4 is 34.9 Å². The van der Waals surface area contributed by atoms with Crippen LogP contribution >= 0.6 is 12.2 Å². The first-order valence-electron chi connectivity index (χ1n) is 7.10. The first kappa shape index (κ1) is 16.1. The first-order chi connectivity index (χ1) is 11.4. The van der Waals surface area contributed by atoms with Crippen LogP contribution in [0.5, 0.6) is 0 Å². The summed E-state index contributed by atoms with van der Waals surface area (Å²) in [5.41, 5.74) is 1.37. The zero-order chi connectivity index (χ0) is 17.4. The molecule has 124 valence electrons. The Kier molecular flexibility index (Phi) is 4.02. The third-order valence-corrected chi connectivity index (χ3v) is 4.49. The molecule has 9 heteroatoms. The number of para-hydroxylation sites is 1. The van der Waals surface area contributed by atoms with Crippen molar-refractivity contribution in [3.63, 3.8) is 0 Å². The molecule has 8 nitrogen and oxygen atoms in total. The van der Waals surface area contributed by atoms with Crippen LogP contribution in [0.15, 0.2) is 35.5 Å². The smallest absolute Gasteiger partial charge is 0.415 e. The molecular weight excluding hydrogens is 334 g/mol. The van der Waals surface area contributed by atoms with Crippen LogP contribution in [-0.2, 0) is 9.53 Å². The van der Waals surface area contributed by atoms with E-state index in [1.54, 1.807) is 18.2 Å². The molecule has 0 aliphatic carbocycles. The molecule has 2 heterocycles. The predicted octanol–water partition coefficient (Wildman–Crippen LogP) is 1.86. The lowest BCUT2D eigenvalue weighted by Crippen LogP contribution is -2.33. The van der Waals surface area contributed by atoms with Crippen molar-refractivity contribution in [3.8, 4) is 0 Å². The van der Waals surface area contributed by atoms with E-state index in [0.29, 0.717) is 16.8 Å². The summed E-state index contributed by atoms with van der Waals surface area (Å²) in [5, 5.41) is 14.0. The van der Waals surface area contributed by atoms with Gasteiger partial charge in [-0.15, -0.1) is 0 Å². The van der Waals surface area contributed by atoms with Gasteiger partial charge in [0, 0.05) is 35.2 Å². The molecule has 1 aromatic rings. The number of thiocarbonyl (C=S) groups is 1. The minimum Gasteiger partial charge on any atom is -0.452 e. The highest BCUT2D eigenvalue weighted by atomic mass is 32.1. The average Bonchev–Trinajstić information content (AvgIpc) is 2.90. The summed E-state index contributed by atoms with van der Waals surface area (Å²) in [6, 6.07) is 6.23. The van der Waals surface area contributed by atoms with Gasteiger partial charge in [-0.2, -0.15) is 0 Å². The van der Waals surface area contributed by atoms with Crippen LogP contribution in [0.3, 0.4) is 0 Å². The molecule has 2 aliphatic rings. The highest BCUT2D eigenvalue weighted by Crippen LogP contribution is 2.41. The van der Waals surface area contributed by atoms with Gasteiger partial charge in [0.15, 0.2) is 0 Å². The van der Waals surface area contributed by atoms with Crippen LogP contribution in [0.2, 0.25) is 0 Å². The van der Waals surface area contributed by atoms with E-state index in [4.69, 9.17) is 17.0 Å². The molecule has 0 saturated carbocycles. The van der Waals surface area contributed by atoms with Crippen molar-refractivity contribution in [2.24, 2.45) is 0 Å². The van der Waals surface area contributed by atoms with Gasteiger partial charge in [-0.05, 0) is 0 Å². The normalized spacial score (nSPS) is 19.9. The first-order valence-corrected chi connectivity index (χ1v) is 7.51. The molecule has 0 bridgehead atoms. The Balaban J connectivity index is 2.08. The fraction of sp³-hybridized carbons (Fsp3) is 0.267. The number of nitro benzene ring substituents is 1. The van der Waals surface area contributed by atoms with Crippen LogP contribution in [0.25, 0.3) is 0 Å². The molecule has 1 aromatic carbocycles. The summed E-state index contributed by atoms with van der Waals surface area (Å²) in [6.07, 6.45) is -0.608. The van der Waals surface area contributed by atoms with Crippen molar-refractivity contribution in [2.45, 2.75) is 12.3 Å². The van der Waals surface area contributed by atoms with Gasteiger partial charge in [0.1, 0.15) is 4.99 Å². The van der Waals surface area contributed by atoms with Crippen LogP contribution in [-0.4, -0.2) is 40.5 Å². The van der Waals surface area contributed by atoms with Gasteiger partial charge < -0.3 is 10.1 Å². The maximum absolute atomic E-state index is 12.0. The van der Waals surface area contributed by atoms with E-state index < -0.39 is 16.9 Å². The number of nitrogens with one attached hydrogen (secondary N) is 1. The molecule has 0 saturated heterocycles. The summed E-state index contributed by atoms with van der Waals surface area (Å²) in [6.45, 7) is 0.0870. The van der Waals surface area contributed by atoms with Gasteiger partial charge in [0.25, 0.3) is 5.69 Å². The number of ether oxygens (including phenoxy) is 1. The van der Waals surface area contributed by atoms with E-state index in [-0.39, 0.29) is 29.5 Å². The topological polar surface area (TPSA) is 102 Å². The van der Waals surface area contributed by atoms with Gasteiger partial charge >= 0.3 is 6.09 Å². The molecule has 0 radical (unpaired) electrons. The number of carbonyl (C=O) groups is 2. The van der Waals surface area contributed by atoms with E-state index >= 15 is 0 Å². The second-order valence-corrected chi connectivity index (χ2v) is 5.76. The standard InChI is InChI=1S/C15H13N3O5S/c1-23-15(20)17-7-10-13(14(17)24)9(6-12(19)16-10)8-4-2-3-5-11(8)18(21)22/h2-5,9H,6-7H2,1H3,(H,16,19). The van der Waals surface area contributed by atoms with E-state index in [1.165, 1.54) is 18.1 Å². The van der Waals surface area contributed by atoms with Crippen molar-refractivity contribution in [1.82, 2.24) is 10.2 Å². The number of hydrogen-bond donors (Lipinski definition) is 1. The number of hydrogen-bond acceptors (Lipinski definition) is 6. The van der Waals surface area contributed by atoms with Crippen LogP contribution in [0.1, 0.15) is 17.9 Å². The molecule has 1 N–H and O–H groups in total. The number of nitrogens with zero attached hydrogens (tertiary/aromatic N) is 2. The lowest BCUT2D eigenvalue weighted by molar-refractivity contribution is -0.385. The zero-order valence-corrected chi connectivity index (χ0v) is 13.5. The van der Waals surface area contributed by atoms with Gasteiger partial charge in [0.2, 0.25) is 5.91 Å². The lowest BCUT2D eigenvalue weighted by atomic mass is 9.84. The molecule has 0 fully saturated rings. The zero-order valence-electron chi connectivity index (χ0n) is 12.6. The summed E-state index contributed by atoms with van der Waals surface area (Å²) in [4.78, 5) is 36.1. The van der Waals surface area contributed by atoms with Gasteiger partial charge in [0.05, 0.1) is 18.6 Å². The second kappa shape index (κ2) is 6.00. The largest absolute Gasteiger partial charge is 0.452 e. The molecule has 3 rings (SSSR count). The number of benzene rings is 1. The molecular formula is C15H13N3O5S. The quantitative estimate of drug-likeness (QED) is 0.498. The molecule has 0 aromatic heterocycles. The minimum atomic E-state index is -0.634. The van der Waals surface area contributed by atoms with Gasteiger partial charge in [-0.1, -0.05) is 30.4 Å².